The zero-order valence-electron chi connectivity index (χ0n) is 10.1. The van der Waals surface area contributed by atoms with E-state index in [1.165, 1.54) is 36.0 Å². The van der Waals surface area contributed by atoms with Crippen LogP contribution in [0, 0.1) is 0 Å². The molecule has 2 heteroatoms. The first-order valence-electron chi connectivity index (χ1n) is 6.16. The van der Waals surface area contributed by atoms with Gasteiger partial charge in [0.25, 0.3) is 0 Å². The van der Waals surface area contributed by atoms with Crippen molar-refractivity contribution < 1.29 is 0 Å². The van der Waals surface area contributed by atoms with Crippen molar-refractivity contribution in [2.24, 2.45) is 0 Å². The van der Waals surface area contributed by atoms with E-state index in [1.54, 1.807) is 0 Å². The van der Waals surface area contributed by atoms with Gasteiger partial charge in [-0.2, -0.15) is 0 Å². The summed E-state index contributed by atoms with van der Waals surface area (Å²) in [5.74, 6) is 0.726. The molecule has 1 saturated heterocycles. The number of rotatable bonds is 2. The molecule has 2 rings (SSSR count). The minimum Gasteiger partial charge on any atom is -0.300 e. The highest BCUT2D eigenvalue weighted by Gasteiger charge is 2.22. The van der Waals surface area contributed by atoms with Crippen molar-refractivity contribution in [2.45, 2.75) is 38.6 Å². The van der Waals surface area contributed by atoms with Crippen molar-refractivity contribution in [1.82, 2.24) is 4.90 Å². The number of likely N-dealkylation sites (tertiary alicyclic amines) is 1. The van der Waals surface area contributed by atoms with Crippen LogP contribution in [0.25, 0.3) is 0 Å². The third-order valence-electron chi connectivity index (χ3n) is 3.52. The molecule has 1 aromatic rings. The molecule has 1 heterocycles. The molecule has 0 unspecified atom stereocenters. The summed E-state index contributed by atoms with van der Waals surface area (Å²) in [5.41, 5.74) is 1.49. The molecule has 1 aliphatic rings. The van der Waals surface area contributed by atoms with E-state index in [0.29, 0.717) is 6.04 Å². The van der Waals surface area contributed by atoms with Gasteiger partial charge in [0.1, 0.15) is 0 Å². The van der Waals surface area contributed by atoms with Gasteiger partial charge in [0, 0.05) is 17.1 Å². The topological polar surface area (TPSA) is 3.24 Å². The molecular formula is C14H20BrN. The molecule has 1 fully saturated rings. The lowest BCUT2D eigenvalue weighted by molar-refractivity contribution is 0.167. The molecule has 16 heavy (non-hydrogen) atoms. The molecule has 0 aliphatic carbocycles. The fourth-order valence-corrected chi connectivity index (χ4v) is 2.75. The van der Waals surface area contributed by atoms with Crippen LogP contribution in [0.15, 0.2) is 28.7 Å². The Morgan fingerprint density at radius 1 is 1.25 bits per heavy atom. The smallest absolute Gasteiger partial charge is 0.0175 e. The van der Waals surface area contributed by atoms with Crippen molar-refractivity contribution in [3.05, 3.63) is 34.3 Å². The molecule has 0 spiro atoms. The highest BCUT2D eigenvalue weighted by Crippen LogP contribution is 2.28. The summed E-state index contributed by atoms with van der Waals surface area (Å²) >= 11 is 3.49. The van der Waals surface area contributed by atoms with Crippen LogP contribution in [0.4, 0.5) is 0 Å². The van der Waals surface area contributed by atoms with Crippen LogP contribution >= 0.6 is 15.9 Å². The van der Waals surface area contributed by atoms with E-state index in [4.69, 9.17) is 0 Å². The highest BCUT2D eigenvalue weighted by atomic mass is 79.9. The second-order valence-electron chi connectivity index (χ2n) is 4.98. The summed E-state index contributed by atoms with van der Waals surface area (Å²) in [6.07, 6.45) is 2.67. The van der Waals surface area contributed by atoms with Gasteiger partial charge in [0.15, 0.2) is 0 Å². The van der Waals surface area contributed by atoms with E-state index in [2.05, 4.69) is 58.9 Å². The zero-order valence-corrected chi connectivity index (χ0v) is 11.7. The van der Waals surface area contributed by atoms with E-state index in [9.17, 15) is 0 Å². The monoisotopic (exact) mass is 281 g/mol. The number of halogens is 1. The third-order valence-corrected chi connectivity index (χ3v) is 4.05. The van der Waals surface area contributed by atoms with E-state index >= 15 is 0 Å². The Hall–Kier alpha value is -0.340. The SMILES string of the molecule is CC(C)N1CCC[C@@H](c2ccc(Br)cc2)C1. The van der Waals surface area contributed by atoms with Crippen LogP contribution in [0.3, 0.4) is 0 Å². The van der Waals surface area contributed by atoms with E-state index in [-0.39, 0.29) is 0 Å². The first kappa shape index (κ1) is 12.1. The summed E-state index contributed by atoms with van der Waals surface area (Å²) in [5, 5.41) is 0. The first-order chi connectivity index (χ1) is 7.66. The van der Waals surface area contributed by atoms with Crippen molar-refractivity contribution in [3.8, 4) is 0 Å². The lowest BCUT2D eigenvalue weighted by Crippen LogP contribution is -2.39. The van der Waals surface area contributed by atoms with E-state index < -0.39 is 0 Å². The largest absolute Gasteiger partial charge is 0.300 e. The minimum absolute atomic E-state index is 0.679. The van der Waals surface area contributed by atoms with Crippen LogP contribution in [-0.4, -0.2) is 24.0 Å². The summed E-state index contributed by atoms with van der Waals surface area (Å²) in [7, 11) is 0. The third kappa shape index (κ3) is 2.86. The molecule has 1 aliphatic heterocycles. The van der Waals surface area contributed by atoms with Crippen molar-refractivity contribution in [1.29, 1.82) is 0 Å². The maximum atomic E-state index is 3.49. The minimum atomic E-state index is 0.679. The highest BCUT2D eigenvalue weighted by molar-refractivity contribution is 9.10. The number of benzene rings is 1. The maximum absolute atomic E-state index is 3.49. The molecule has 0 bridgehead atoms. The maximum Gasteiger partial charge on any atom is 0.0175 e. The molecule has 1 nitrogen and oxygen atoms in total. The van der Waals surface area contributed by atoms with Crippen LogP contribution in [-0.2, 0) is 0 Å². The van der Waals surface area contributed by atoms with Crippen LogP contribution in [0.5, 0.6) is 0 Å². The number of hydrogen-bond donors (Lipinski definition) is 0. The Kier molecular flexibility index (Phi) is 4.04. The molecular weight excluding hydrogens is 262 g/mol. The number of hydrogen-bond acceptors (Lipinski definition) is 1. The van der Waals surface area contributed by atoms with Crippen molar-refractivity contribution in [3.63, 3.8) is 0 Å². The van der Waals surface area contributed by atoms with Gasteiger partial charge in [-0.15, -0.1) is 0 Å². The predicted molar refractivity (Wildman–Crippen MR) is 72.8 cm³/mol. The van der Waals surface area contributed by atoms with Crippen molar-refractivity contribution in [2.75, 3.05) is 13.1 Å². The van der Waals surface area contributed by atoms with Gasteiger partial charge < -0.3 is 4.90 Å². The molecule has 88 valence electrons. The number of nitrogens with zero attached hydrogens (tertiary/aromatic N) is 1. The summed E-state index contributed by atoms with van der Waals surface area (Å²) < 4.78 is 1.17. The van der Waals surface area contributed by atoms with Gasteiger partial charge in [0.2, 0.25) is 0 Å². The molecule has 0 N–H and O–H groups in total. The Labute approximate surface area is 107 Å². The van der Waals surface area contributed by atoms with Gasteiger partial charge in [-0.3, -0.25) is 0 Å². The second-order valence-corrected chi connectivity index (χ2v) is 5.90. The molecule has 0 amide bonds. The van der Waals surface area contributed by atoms with Gasteiger partial charge in [-0.25, -0.2) is 0 Å². The Bertz CT molecular complexity index is 331. The number of piperidine rings is 1. The molecule has 0 aromatic heterocycles. The van der Waals surface area contributed by atoms with Gasteiger partial charge >= 0.3 is 0 Å². The lowest BCUT2D eigenvalue weighted by atomic mass is 9.90. The lowest BCUT2D eigenvalue weighted by Gasteiger charge is -2.35. The predicted octanol–water partition coefficient (Wildman–Crippen LogP) is 4.04. The standard InChI is InChI=1S/C14H20BrN/c1-11(2)16-9-3-4-13(10-16)12-5-7-14(15)8-6-12/h5-8,11,13H,3-4,9-10H2,1-2H3/t13-/m1/s1. The summed E-state index contributed by atoms with van der Waals surface area (Å²) in [6, 6.07) is 9.52. The average molecular weight is 282 g/mol. The van der Waals surface area contributed by atoms with Gasteiger partial charge in [-0.05, 0) is 56.8 Å². The van der Waals surface area contributed by atoms with Crippen LogP contribution in [0.1, 0.15) is 38.2 Å². The van der Waals surface area contributed by atoms with Gasteiger partial charge in [0.05, 0.1) is 0 Å². The van der Waals surface area contributed by atoms with Crippen LogP contribution in [0.2, 0.25) is 0 Å². The van der Waals surface area contributed by atoms with E-state index in [0.717, 1.165) is 5.92 Å². The Morgan fingerprint density at radius 3 is 2.56 bits per heavy atom. The van der Waals surface area contributed by atoms with Crippen molar-refractivity contribution >= 4 is 15.9 Å². The van der Waals surface area contributed by atoms with Gasteiger partial charge in [-0.1, -0.05) is 28.1 Å². The summed E-state index contributed by atoms with van der Waals surface area (Å²) in [6.45, 7) is 7.08. The molecule has 0 radical (unpaired) electrons. The Balaban J connectivity index is 2.06. The molecule has 1 atom stereocenters. The zero-order chi connectivity index (χ0) is 11.5. The normalized spacial score (nSPS) is 22.6. The fraction of sp³-hybridized carbons (Fsp3) is 0.571. The average Bonchev–Trinajstić information content (AvgIpc) is 2.30. The Morgan fingerprint density at radius 2 is 1.94 bits per heavy atom. The van der Waals surface area contributed by atoms with Crippen LogP contribution < -0.4 is 0 Å². The molecule has 0 saturated carbocycles. The van der Waals surface area contributed by atoms with E-state index in [1.807, 2.05) is 0 Å². The second kappa shape index (κ2) is 5.33. The molecule has 1 aromatic carbocycles. The fourth-order valence-electron chi connectivity index (χ4n) is 2.48. The first-order valence-corrected chi connectivity index (χ1v) is 6.95. The summed E-state index contributed by atoms with van der Waals surface area (Å²) in [4.78, 5) is 2.59. The quantitative estimate of drug-likeness (QED) is 0.791.